The first-order chi connectivity index (χ1) is 9.63. The average Bonchev–Trinajstić information content (AvgIpc) is 2.82. The molecule has 1 unspecified atom stereocenters. The van der Waals surface area contributed by atoms with Gasteiger partial charge in [0.2, 0.25) is 0 Å². The lowest BCUT2D eigenvalue weighted by Crippen LogP contribution is -2.23. The highest BCUT2D eigenvalue weighted by atomic mass is 19.1. The summed E-state index contributed by atoms with van der Waals surface area (Å²) in [5, 5.41) is 7.25. The second-order valence-electron chi connectivity index (χ2n) is 4.30. The Balaban J connectivity index is 2.61. The minimum absolute atomic E-state index is 0.341. The predicted molar refractivity (Wildman–Crippen MR) is 73.6 cm³/mol. The number of halogens is 1. The molecule has 0 aliphatic carbocycles. The summed E-state index contributed by atoms with van der Waals surface area (Å²) >= 11 is 0. The Morgan fingerprint density at radius 1 is 1.25 bits per heavy atom. The number of nitrogens with zero attached hydrogens (tertiary/aromatic N) is 2. The number of methoxy groups -OCH3 is 2. The Kier molecular flexibility index (Phi) is 4.24. The van der Waals surface area contributed by atoms with Crippen molar-refractivity contribution in [3.8, 4) is 11.5 Å². The van der Waals surface area contributed by atoms with Crippen LogP contribution in [0.25, 0.3) is 0 Å². The molecule has 0 spiro atoms. The third kappa shape index (κ3) is 2.34. The average molecular weight is 279 g/mol. The maximum absolute atomic E-state index is 14.2. The van der Waals surface area contributed by atoms with Crippen molar-refractivity contribution < 1.29 is 13.9 Å². The summed E-state index contributed by atoms with van der Waals surface area (Å²) in [5.41, 5.74) is 1.16. The third-order valence-corrected chi connectivity index (χ3v) is 3.25. The number of ether oxygens (including phenoxy) is 2. The van der Waals surface area contributed by atoms with Gasteiger partial charge in [-0.3, -0.25) is 4.68 Å². The fourth-order valence-electron chi connectivity index (χ4n) is 2.31. The number of hydrogen-bond acceptors (Lipinski definition) is 4. The summed E-state index contributed by atoms with van der Waals surface area (Å²) in [6.07, 6.45) is 1.60. The van der Waals surface area contributed by atoms with Gasteiger partial charge in [0.05, 0.1) is 32.0 Å². The van der Waals surface area contributed by atoms with Crippen molar-refractivity contribution in [1.29, 1.82) is 0 Å². The molecule has 1 N–H and O–H groups in total. The summed E-state index contributed by atoms with van der Waals surface area (Å²) in [6, 6.07) is 4.33. The fourth-order valence-corrected chi connectivity index (χ4v) is 2.31. The Morgan fingerprint density at radius 2 is 1.95 bits per heavy atom. The van der Waals surface area contributed by atoms with Crippen molar-refractivity contribution in [2.45, 2.75) is 6.04 Å². The molecule has 6 heteroatoms. The van der Waals surface area contributed by atoms with Crippen molar-refractivity contribution in [1.82, 2.24) is 15.1 Å². The maximum atomic E-state index is 14.2. The number of hydrogen-bond donors (Lipinski definition) is 1. The molecule has 0 fully saturated rings. The highest BCUT2D eigenvalue weighted by molar-refractivity contribution is 5.44. The van der Waals surface area contributed by atoms with Gasteiger partial charge >= 0.3 is 0 Å². The third-order valence-electron chi connectivity index (χ3n) is 3.25. The lowest BCUT2D eigenvalue weighted by molar-refractivity contribution is 0.387. The lowest BCUT2D eigenvalue weighted by atomic mass is 10.0. The van der Waals surface area contributed by atoms with E-state index in [4.69, 9.17) is 9.47 Å². The second kappa shape index (κ2) is 5.92. The van der Waals surface area contributed by atoms with Crippen LogP contribution in [0.4, 0.5) is 4.39 Å². The molecule has 20 heavy (non-hydrogen) atoms. The van der Waals surface area contributed by atoms with Gasteiger partial charge < -0.3 is 14.8 Å². The molecular weight excluding hydrogens is 261 g/mol. The van der Waals surface area contributed by atoms with Crippen molar-refractivity contribution in [3.05, 3.63) is 41.5 Å². The summed E-state index contributed by atoms with van der Waals surface area (Å²) in [4.78, 5) is 0. The minimum atomic E-state index is -0.423. The van der Waals surface area contributed by atoms with E-state index in [-0.39, 0.29) is 5.82 Å². The fraction of sp³-hybridized carbons (Fsp3) is 0.357. The molecule has 5 nitrogen and oxygen atoms in total. The number of rotatable bonds is 5. The molecule has 0 amide bonds. The number of nitrogens with one attached hydrogen (secondary N) is 1. The van der Waals surface area contributed by atoms with Gasteiger partial charge in [-0.25, -0.2) is 4.39 Å². The zero-order valence-electron chi connectivity index (χ0n) is 12.0. The second-order valence-corrected chi connectivity index (χ2v) is 4.30. The molecule has 1 aromatic carbocycles. The normalized spacial score (nSPS) is 12.2. The van der Waals surface area contributed by atoms with E-state index in [9.17, 15) is 4.39 Å². The van der Waals surface area contributed by atoms with Crippen LogP contribution in [0, 0.1) is 5.82 Å². The summed E-state index contributed by atoms with van der Waals surface area (Å²) in [6.45, 7) is 0. The molecule has 2 rings (SSSR count). The molecule has 0 bridgehead atoms. The van der Waals surface area contributed by atoms with Gasteiger partial charge in [-0.15, -0.1) is 0 Å². The molecule has 2 aromatic rings. The van der Waals surface area contributed by atoms with Crippen LogP contribution in [0.15, 0.2) is 24.4 Å². The molecule has 0 radical (unpaired) electrons. The minimum Gasteiger partial charge on any atom is -0.496 e. The topological polar surface area (TPSA) is 48.3 Å². The molecule has 1 aromatic heterocycles. The van der Waals surface area contributed by atoms with Gasteiger partial charge in [-0.05, 0) is 19.2 Å². The zero-order valence-corrected chi connectivity index (χ0v) is 12.0. The Bertz CT molecular complexity index is 598. The van der Waals surface area contributed by atoms with Gasteiger partial charge in [0, 0.05) is 7.05 Å². The molecule has 1 heterocycles. The molecule has 0 saturated heterocycles. The summed E-state index contributed by atoms with van der Waals surface area (Å²) in [7, 11) is 6.62. The van der Waals surface area contributed by atoms with Gasteiger partial charge in [-0.2, -0.15) is 5.10 Å². The number of benzene rings is 1. The molecule has 0 saturated carbocycles. The van der Waals surface area contributed by atoms with E-state index >= 15 is 0 Å². The van der Waals surface area contributed by atoms with Crippen LogP contribution in [0.2, 0.25) is 0 Å². The van der Waals surface area contributed by atoms with Gasteiger partial charge in [0.15, 0.2) is 5.75 Å². The Hall–Kier alpha value is -2.08. The van der Waals surface area contributed by atoms with E-state index in [2.05, 4.69) is 10.4 Å². The van der Waals surface area contributed by atoms with E-state index in [0.29, 0.717) is 17.1 Å². The van der Waals surface area contributed by atoms with Crippen molar-refractivity contribution in [3.63, 3.8) is 0 Å². The van der Waals surface area contributed by atoms with Crippen LogP contribution in [-0.2, 0) is 7.05 Å². The van der Waals surface area contributed by atoms with Crippen LogP contribution in [0.3, 0.4) is 0 Å². The molecule has 0 aliphatic heterocycles. The lowest BCUT2D eigenvalue weighted by Gasteiger charge is -2.21. The van der Waals surface area contributed by atoms with E-state index in [1.807, 2.05) is 0 Å². The van der Waals surface area contributed by atoms with Crippen LogP contribution in [0.5, 0.6) is 11.5 Å². The van der Waals surface area contributed by atoms with Gasteiger partial charge in [-0.1, -0.05) is 6.07 Å². The smallest absolute Gasteiger partial charge is 0.161 e. The Morgan fingerprint density at radius 3 is 2.55 bits per heavy atom. The molecule has 108 valence electrons. The highest BCUT2D eigenvalue weighted by Gasteiger charge is 2.26. The van der Waals surface area contributed by atoms with Gasteiger partial charge in [0.25, 0.3) is 0 Å². The van der Waals surface area contributed by atoms with Crippen LogP contribution >= 0.6 is 0 Å². The number of aryl methyl sites for hydroxylation is 1. The first-order valence-electron chi connectivity index (χ1n) is 6.19. The zero-order chi connectivity index (χ0) is 14.7. The van der Waals surface area contributed by atoms with Crippen molar-refractivity contribution in [2.24, 2.45) is 7.05 Å². The molecule has 1 atom stereocenters. The van der Waals surface area contributed by atoms with E-state index in [1.54, 1.807) is 44.2 Å². The van der Waals surface area contributed by atoms with Crippen LogP contribution < -0.4 is 14.8 Å². The molecule has 0 aliphatic rings. The van der Waals surface area contributed by atoms with E-state index < -0.39 is 6.04 Å². The van der Waals surface area contributed by atoms with E-state index in [0.717, 1.165) is 5.69 Å². The predicted octanol–water partition coefficient (Wildman–Crippen LogP) is 1.89. The van der Waals surface area contributed by atoms with Crippen LogP contribution in [0.1, 0.15) is 17.3 Å². The SMILES string of the molecule is CNC(c1c(F)cccc1OC)c1c(OC)cnn1C. The van der Waals surface area contributed by atoms with Crippen molar-refractivity contribution >= 4 is 0 Å². The van der Waals surface area contributed by atoms with Crippen LogP contribution in [-0.4, -0.2) is 31.0 Å². The quantitative estimate of drug-likeness (QED) is 0.908. The Labute approximate surface area is 117 Å². The molecular formula is C14H18FN3O2. The van der Waals surface area contributed by atoms with Gasteiger partial charge in [0.1, 0.15) is 17.3 Å². The van der Waals surface area contributed by atoms with Crippen molar-refractivity contribution in [2.75, 3.05) is 21.3 Å². The standard InChI is InChI=1S/C14H18FN3O2/c1-16-13(14-11(20-4)8-17-18(14)2)12-9(15)6-5-7-10(12)19-3/h5-8,13,16H,1-4H3. The first-order valence-corrected chi connectivity index (χ1v) is 6.19. The highest BCUT2D eigenvalue weighted by Crippen LogP contribution is 2.35. The van der Waals surface area contributed by atoms with E-state index in [1.165, 1.54) is 13.2 Å². The summed E-state index contributed by atoms with van der Waals surface area (Å²) < 4.78 is 26.5. The summed E-state index contributed by atoms with van der Waals surface area (Å²) in [5.74, 6) is 0.733. The largest absolute Gasteiger partial charge is 0.496 e. The first kappa shape index (κ1) is 14.3. The monoisotopic (exact) mass is 279 g/mol. The number of aromatic nitrogens is 2. The maximum Gasteiger partial charge on any atom is 0.161 e.